The number of pyridine rings is 1. The van der Waals surface area contributed by atoms with E-state index in [9.17, 15) is 5.11 Å². The molecule has 116 valence electrons. The van der Waals surface area contributed by atoms with Gasteiger partial charge in [0.2, 0.25) is 0 Å². The second-order valence-corrected chi connectivity index (χ2v) is 6.90. The number of imidazole rings is 1. The molecule has 0 radical (unpaired) electrons. The number of nitrogens with one attached hydrogen (secondary N) is 2. The third-order valence-electron chi connectivity index (χ3n) is 5.36. The SMILES string of the molecule is N#CCC(O)NC12CC(n3cnc4cnc5[nH]ccc5c43)(C1)C2. The Morgan fingerprint density at radius 2 is 2.26 bits per heavy atom. The molecular weight excluding hydrogens is 292 g/mol. The molecule has 23 heavy (non-hydrogen) atoms. The number of hydrogen-bond acceptors (Lipinski definition) is 5. The van der Waals surface area contributed by atoms with Crippen LogP contribution < -0.4 is 5.32 Å². The third-order valence-corrected chi connectivity index (χ3v) is 5.36. The lowest BCUT2D eigenvalue weighted by molar-refractivity contribution is -0.155. The van der Waals surface area contributed by atoms with Crippen LogP contribution in [0.2, 0.25) is 0 Å². The van der Waals surface area contributed by atoms with Gasteiger partial charge in [0.15, 0.2) is 0 Å². The first-order chi connectivity index (χ1) is 11.1. The summed E-state index contributed by atoms with van der Waals surface area (Å²) in [5, 5.41) is 22.8. The molecule has 0 amide bonds. The van der Waals surface area contributed by atoms with E-state index >= 15 is 0 Å². The summed E-state index contributed by atoms with van der Waals surface area (Å²) in [5.74, 6) is 0. The zero-order valence-electron chi connectivity index (χ0n) is 12.5. The normalized spacial score (nSPS) is 29.9. The van der Waals surface area contributed by atoms with Crippen LogP contribution in [0.4, 0.5) is 0 Å². The molecule has 0 saturated heterocycles. The molecule has 3 aromatic rings. The van der Waals surface area contributed by atoms with Crippen LogP contribution in [0, 0.1) is 11.3 Å². The molecular formula is C16H16N6O. The Kier molecular flexibility index (Phi) is 2.33. The third kappa shape index (κ3) is 1.59. The summed E-state index contributed by atoms with van der Waals surface area (Å²) in [6.07, 6.45) is 7.88. The first kappa shape index (κ1) is 13.0. The van der Waals surface area contributed by atoms with Crippen molar-refractivity contribution in [3.05, 3.63) is 24.8 Å². The molecule has 0 spiro atoms. The number of aromatic amines is 1. The van der Waals surface area contributed by atoms with Gasteiger partial charge < -0.3 is 14.7 Å². The van der Waals surface area contributed by atoms with Gasteiger partial charge >= 0.3 is 0 Å². The van der Waals surface area contributed by atoms with E-state index in [-0.39, 0.29) is 17.5 Å². The fourth-order valence-corrected chi connectivity index (χ4v) is 4.50. The molecule has 3 saturated carbocycles. The minimum atomic E-state index is -0.738. The number of aliphatic hydroxyl groups excluding tert-OH is 1. The van der Waals surface area contributed by atoms with E-state index in [1.807, 2.05) is 24.7 Å². The summed E-state index contributed by atoms with van der Waals surface area (Å²) in [4.78, 5) is 12.0. The highest BCUT2D eigenvalue weighted by atomic mass is 16.3. The first-order valence-electron chi connectivity index (χ1n) is 7.77. The molecule has 3 aliphatic rings. The van der Waals surface area contributed by atoms with Crippen molar-refractivity contribution in [3.8, 4) is 6.07 Å². The van der Waals surface area contributed by atoms with Gasteiger partial charge in [-0.1, -0.05) is 0 Å². The van der Waals surface area contributed by atoms with E-state index in [0.717, 1.165) is 41.3 Å². The number of H-pyrrole nitrogens is 1. The van der Waals surface area contributed by atoms with Crippen LogP contribution in [-0.2, 0) is 5.54 Å². The Hall–Kier alpha value is -2.43. The van der Waals surface area contributed by atoms with Gasteiger partial charge in [-0.25, -0.2) is 9.97 Å². The molecule has 3 N–H and O–H groups in total. The van der Waals surface area contributed by atoms with Gasteiger partial charge in [-0.15, -0.1) is 0 Å². The number of nitrogens with zero attached hydrogens (tertiary/aromatic N) is 4. The smallest absolute Gasteiger partial charge is 0.139 e. The molecule has 1 atom stereocenters. The lowest BCUT2D eigenvalue weighted by atomic mass is 9.44. The van der Waals surface area contributed by atoms with Crippen LogP contribution in [0.3, 0.4) is 0 Å². The zero-order chi connectivity index (χ0) is 15.7. The average Bonchev–Trinajstić information content (AvgIpc) is 3.07. The van der Waals surface area contributed by atoms with Gasteiger partial charge in [0.05, 0.1) is 36.1 Å². The molecule has 7 nitrogen and oxygen atoms in total. The van der Waals surface area contributed by atoms with Crippen molar-refractivity contribution in [2.24, 2.45) is 0 Å². The number of aliphatic hydroxyl groups is 1. The summed E-state index contributed by atoms with van der Waals surface area (Å²) < 4.78 is 2.28. The second kappa shape index (κ2) is 4.10. The van der Waals surface area contributed by atoms with Crippen molar-refractivity contribution >= 4 is 22.1 Å². The molecule has 6 rings (SSSR count). The molecule has 0 aromatic carbocycles. The van der Waals surface area contributed by atoms with Crippen molar-refractivity contribution in [2.45, 2.75) is 43.0 Å². The Balaban J connectivity index is 1.48. The molecule has 0 aliphatic heterocycles. The van der Waals surface area contributed by atoms with E-state index in [0.29, 0.717) is 0 Å². The van der Waals surface area contributed by atoms with Gasteiger partial charge in [-0.2, -0.15) is 5.26 Å². The first-order valence-corrected chi connectivity index (χ1v) is 7.77. The van der Waals surface area contributed by atoms with Gasteiger partial charge in [-0.05, 0) is 25.3 Å². The molecule has 3 heterocycles. The maximum absolute atomic E-state index is 9.81. The maximum atomic E-state index is 9.81. The minimum absolute atomic E-state index is 0.0167. The van der Waals surface area contributed by atoms with Crippen molar-refractivity contribution in [3.63, 3.8) is 0 Å². The highest BCUT2D eigenvalue weighted by Crippen LogP contribution is 2.66. The van der Waals surface area contributed by atoms with Crippen molar-refractivity contribution in [1.82, 2.24) is 24.8 Å². The minimum Gasteiger partial charge on any atom is -0.378 e. The van der Waals surface area contributed by atoms with Crippen molar-refractivity contribution in [1.29, 1.82) is 5.26 Å². The Labute approximate surface area is 132 Å². The summed E-state index contributed by atoms with van der Waals surface area (Å²) in [7, 11) is 0. The van der Waals surface area contributed by atoms with Crippen LogP contribution in [0.15, 0.2) is 24.8 Å². The topological polar surface area (TPSA) is 103 Å². The molecule has 2 bridgehead atoms. The standard InChI is InChI=1S/C16H16N6O/c17-3-1-12(23)21-15-6-16(7-15,8-15)22-9-20-11-5-19-14-10(13(11)22)2-4-18-14/h2,4-5,9,12,21,23H,1,6-8H2,(H,18,19). The predicted octanol–water partition coefficient (Wildman–Crippen LogP) is 1.37. The quantitative estimate of drug-likeness (QED) is 0.632. The van der Waals surface area contributed by atoms with Crippen molar-refractivity contribution in [2.75, 3.05) is 0 Å². The Morgan fingerprint density at radius 1 is 1.43 bits per heavy atom. The second-order valence-electron chi connectivity index (χ2n) is 6.90. The van der Waals surface area contributed by atoms with E-state index in [1.54, 1.807) is 6.20 Å². The molecule has 7 heteroatoms. The largest absolute Gasteiger partial charge is 0.378 e. The van der Waals surface area contributed by atoms with Gasteiger partial charge in [0, 0.05) is 17.1 Å². The fraction of sp³-hybridized carbons (Fsp3) is 0.438. The van der Waals surface area contributed by atoms with E-state index in [2.05, 4.69) is 24.8 Å². The molecule has 3 aromatic heterocycles. The van der Waals surface area contributed by atoms with E-state index in [1.165, 1.54) is 0 Å². The highest BCUT2D eigenvalue weighted by molar-refractivity contribution is 6.01. The Bertz CT molecular complexity index is 944. The lowest BCUT2D eigenvalue weighted by Crippen LogP contribution is -2.79. The molecule has 3 aliphatic carbocycles. The summed E-state index contributed by atoms with van der Waals surface area (Å²) in [5.41, 5.74) is 2.98. The number of nitriles is 1. The number of rotatable bonds is 4. The molecule has 1 unspecified atom stereocenters. The Morgan fingerprint density at radius 3 is 3.04 bits per heavy atom. The van der Waals surface area contributed by atoms with Crippen LogP contribution in [0.25, 0.3) is 22.1 Å². The number of hydrogen-bond donors (Lipinski definition) is 3. The lowest BCUT2D eigenvalue weighted by Gasteiger charge is -2.71. The maximum Gasteiger partial charge on any atom is 0.139 e. The van der Waals surface area contributed by atoms with Gasteiger partial charge in [0.25, 0.3) is 0 Å². The van der Waals surface area contributed by atoms with Crippen LogP contribution in [0.5, 0.6) is 0 Å². The van der Waals surface area contributed by atoms with E-state index in [4.69, 9.17) is 5.26 Å². The molecule has 3 fully saturated rings. The zero-order valence-corrected chi connectivity index (χ0v) is 12.5. The summed E-state index contributed by atoms with van der Waals surface area (Å²) >= 11 is 0. The van der Waals surface area contributed by atoms with E-state index < -0.39 is 6.23 Å². The highest BCUT2D eigenvalue weighted by Gasteiger charge is 2.69. The number of fused-ring (bicyclic) bond motifs is 3. The predicted molar refractivity (Wildman–Crippen MR) is 83.3 cm³/mol. The summed E-state index contributed by atoms with van der Waals surface area (Å²) in [6.45, 7) is 0. The van der Waals surface area contributed by atoms with Gasteiger partial charge in [-0.3, -0.25) is 5.32 Å². The average molecular weight is 308 g/mol. The van der Waals surface area contributed by atoms with Crippen LogP contribution in [0.1, 0.15) is 25.7 Å². The van der Waals surface area contributed by atoms with Gasteiger partial charge in [0.1, 0.15) is 17.4 Å². The van der Waals surface area contributed by atoms with Crippen LogP contribution >= 0.6 is 0 Å². The fourth-order valence-electron chi connectivity index (χ4n) is 4.50. The monoisotopic (exact) mass is 308 g/mol. The number of aromatic nitrogens is 4. The van der Waals surface area contributed by atoms with Crippen molar-refractivity contribution < 1.29 is 5.11 Å². The summed E-state index contributed by atoms with van der Waals surface area (Å²) in [6, 6.07) is 4.04. The van der Waals surface area contributed by atoms with Crippen LogP contribution in [-0.4, -0.2) is 36.4 Å².